The van der Waals surface area contributed by atoms with E-state index in [1.807, 2.05) is 0 Å². The minimum atomic E-state index is -0.585. The summed E-state index contributed by atoms with van der Waals surface area (Å²) in [6, 6.07) is 5.31. The molecule has 0 unspecified atom stereocenters. The summed E-state index contributed by atoms with van der Waals surface area (Å²) in [7, 11) is 0. The predicted octanol–water partition coefficient (Wildman–Crippen LogP) is 1.79. The fourth-order valence-corrected chi connectivity index (χ4v) is 1.41. The van der Waals surface area contributed by atoms with Gasteiger partial charge in [-0.3, -0.25) is 14.9 Å². The van der Waals surface area contributed by atoms with Gasteiger partial charge in [-0.2, -0.15) is 0 Å². The number of amides is 1. The SMILES string of the molecule is CCOC(=O)C=C(C)NC(=O)c1cccc([N+](=O)[O-])c1. The molecule has 0 atom stereocenters. The second kappa shape index (κ2) is 7.03. The molecule has 0 bridgehead atoms. The molecular formula is C13H14N2O5. The van der Waals surface area contributed by atoms with Gasteiger partial charge in [0, 0.05) is 29.5 Å². The molecule has 1 aromatic rings. The van der Waals surface area contributed by atoms with Gasteiger partial charge < -0.3 is 10.1 Å². The number of nitro groups is 1. The average molecular weight is 278 g/mol. The number of benzene rings is 1. The maximum Gasteiger partial charge on any atom is 0.332 e. The summed E-state index contributed by atoms with van der Waals surface area (Å²) in [5, 5.41) is 13.1. The largest absolute Gasteiger partial charge is 0.463 e. The van der Waals surface area contributed by atoms with E-state index in [-0.39, 0.29) is 17.9 Å². The van der Waals surface area contributed by atoms with Crippen LogP contribution in [-0.4, -0.2) is 23.4 Å². The van der Waals surface area contributed by atoms with Gasteiger partial charge >= 0.3 is 5.97 Å². The Morgan fingerprint density at radius 3 is 2.75 bits per heavy atom. The Labute approximate surface area is 115 Å². The van der Waals surface area contributed by atoms with E-state index < -0.39 is 16.8 Å². The second-order valence-electron chi connectivity index (χ2n) is 3.84. The van der Waals surface area contributed by atoms with Crippen LogP contribution < -0.4 is 5.32 Å². The van der Waals surface area contributed by atoms with E-state index in [1.54, 1.807) is 6.92 Å². The minimum absolute atomic E-state index is 0.135. The van der Waals surface area contributed by atoms with Crippen LogP contribution >= 0.6 is 0 Å². The van der Waals surface area contributed by atoms with Gasteiger partial charge in [-0.25, -0.2) is 4.79 Å². The molecule has 0 saturated heterocycles. The molecule has 20 heavy (non-hydrogen) atoms. The van der Waals surface area contributed by atoms with E-state index >= 15 is 0 Å². The lowest BCUT2D eigenvalue weighted by atomic mass is 10.2. The van der Waals surface area contributed by atoms with Crippen LogP contribution in [0.4, 0.5) is 5.69 Å². The van der Waals surface area contributed by atoms with Crippen LogP contribution in [0.5, 0.6) is 0 Å². The Hall–Kier alpha value is -2.70. The third-order valence-corrected chi connectivity index (χ3v) is 2.25. The number of hydrogen-bond acceptors (Lipinski definition) is 5. The highest BCUT2D eigenvalue weighted by Crippen LogP contribution is 2.13. The Balaban J connectivity index is 2.78. The van der Waals surface area contributed by atoms with Crippen molar-refractivity contribution >= 4 is 17.6 Å². The molecule has 0 heterocycles. The summed E-state index contributed by atoms with van der Waals surface area (Å²) in [6.45, 7) is 3.43. The molecule has 1 aromatic carbocycles. The first-order valence-electron chi connectivity index (χ1n) is 5.85. The van der Waals surface area contributed by atoms with Crippen molar-refractivity contribution < 1.29 is 19.2 Å². The normalized spacial score (nSPS) is 10.8. The molecule has 7 heteroatoms. The standard InChI is InChI=1S/C13H14N2O5/c1-3-20-12(16)7-9(2)14-13(17)10-5-4-6-11(8-10)15(18)19/h4-8H,3H2,1-2H3,(H,14,17). The molecule has 106 valence electrons. The van der Waals surface area contributed by atoms with Crippen molar-refractivity contribution in [1.82, 2.24) is 5.32 Å². The van der Waals surface area contributed by atoms with Crippen molar-refractivity contribution in [3.63, 3.8) is 0 Å². The molecule has 0 aliphatic rings. The smallest absolute Gasteiger partial charge is 0.332 e. The molecule has 1 amide bonds. The maximum absolute atomic E-state index is 11.8. The molecule has 0 aromatic heterocycles. The second-order valence-corrected chi connectivity index (χ2v) is 3.84. The highest BCUT2D eigenvalue weighted by Gasteiger charge is 2.11. The summed E-state index contributed by atoms with van der Waals surface area (Å²) in [5.74, 6) is -1.10. The van der Waals surface area contributed by atoms with Gasteiger partial charge in [-0.1, -0.05) is 6.07 Å². The van der Waals surface area contributed by atoms with E-state index in [9.17, 15) is 19.7 Å². The lowest BCUT2D eigenvalue weighted by Crippen LogP contribution is -2.22. The molecule has 0 spiro atoms. The third-order valence-electron chi connectivity index (χ3n) is 2.25. The summed E-state index contributed by atoms with van der Waals surface area (Å²) in [5.41, 5.74) is 0.250. The first-order valence-corrected chi connectivity index (χ1v) is 5.85. The van der Waals surface area contributed by atoms with Crippen molar-refractivity contribution in [2.75, 3.05) is 6.61 Å². The lowest BCUT2D eigenvalue weighted by molar-refractivity contribution is -0.384. The minimum Gasteiger partial charge on any atom is -0.463 e. The van der Waals surface area contributed by atoms with Crippen LogP contribution in [0, 0.1) is 10.1 Å². The number of non-ortho nitro benzene ring substituents is 1. The number of allylic oxidation sites excluding steroid dienone is 1. The zero-order valence-electron chi connectivity index (χ0n) is 11.1. The van der Waals surface area contributed by atoms with E-state index in [1.165, 1.54) is 25.1 Å². The zero-order valence-corrected chi connectivity index (χ0v) is 11.1. The van der Waals surface area contributed by atoms with Crippen molar-refractivity contribution in [3.05, 3.63) is 51.7 Å². The van der Waals surface area contributed by atoms with Gasteiger partial charge in [-0.05, 0) is 19.9 Å². The lowest BCUT2D eigenvalue weighted by Gasteiger charge is -2.05. The Morgan fingerprint density at radius 1 is 1.45 bits per heavy atom. The highest BCUT2D eigenvalue weighted by atomic mass is 16.6. The van der Waals surface area contributed by atoms with Crippen molar-refractivity contribution in [2.24, 2.45) is 0 Å². The molecule has 0 saturated carbocycles. The number of nitro benzene ring substituents is 1. The molecule has 0 fully saturated rings. The molecule has 1 rings (SSSR count). The number of nitrogens with zero attached hydrogens (tertiary/aromatic N) is 1. The van der Waals surface area contributed by atoms with Gasteiger partial charge in [0.2, 0.25) is 0 Å². The molecule has 7 nitrogen and oxygen atoms in total. The average Bonchev–Trinajstić information content (AvgIpc) is 2.38. The maximum atomic E-state index is 11.8. The quantitative estimate of drug-likeness (QED) is 0.383. The molecule has 0 radical (unpaired) electrons. The zero-order chi connectivity index (χ0) is 15.1. The van der Waals surface area contributed by atoms with Gasteiger partial charge in [-0.15, -0.1) is 0 Å². The van der Waals surface area contributed by atoms with Crippen molar-refractivity contribution in [1.29, 1.82) is 0 Å². The number of hydrogen-bond donors (Lipinski definition) is 1. The highest BCUT2D eigenvalue weighted by molar-refractivity contribution is 5.96. The summed E-state index contributed by atoms with van der Waals surface area (Å²) >= 11 is 0. The third kappa shape index (κ3) is 4.52. The Morgan fingerprint density at radius 2 is 2.15 bits per heavy atom. The molecule has 0 aliphatic heterocycles. The van der Waals surface area contributed by atoms with E-state index in [0.29, 0.717) is 5.70 Å². The van der Waals surface area contributed by atoms with Gasteiger partial charge in [0.15, 0.2) is 0 Å². The van der Waals surface area contributed by atoms with Crippen LogP contribution in [0.2, 0.25) is 0 Å². The first kappa shape index (κ1) is 15.4. The molecule has 1 N–H and O–H groups in total. The topological polar surface area (TPSA) is 98.5 Å². The monoisotopic (exact) mass is 278 g/mol. The number of carbonyl (C=O) groups excluding carboxylic acids is 2. The predicted molar refractivity (Wildman–Crippen MR) is 71.0 cm³/mol. The Kier molecular flexibility index (Phi) is 5.40. The van der Waals surface area contributed by atoms with Gasteiger partial charge in [0.05, 0.1) is 11.5 Å². The number of ether oxygens (including phenoxy) is 1. The van der Waals surface area contributed by atoms with Crippen LogP contribution in [0.3, 0.4) is 0 Å². The van der Waals surface area contributed by atoms with E-state index in [4.69, 9.17) is 4.74 Å². The van der Waals surface area contributed by atoms with E-state index in [0.717, 1.165) is 12.1 Å². The summed E-state index contributed by atoms with van der Waals surface area (Å²) in [6.07, 6.45) is 1.14. The number of carbonyl (C=O) groups is 2. The molecule has 0 aliphatic carbocycles. The fourth-order valence-electron chi connectivity index (χ4n) is 1.41. The number of esters is 1. The fraction of sp³-hybridized carbons (Fsp3) is 0.231. The molecular weight excluding hydrogens is 264 g/mol. The van der Waals surface area contributed by atoms with Crippen molar-refractivity contribution in [3.8, 4) is 0 Å². The van der Waals surface area contributed by atoms with Gasteiger partial charge in [0.25, 0.3) is 11.6 Å². The number of nitrogens with one attached hydrogen (secondary N) is 1. The summed E-state index contributed by atoms with van der Waals surface area (Å²) < 4.78 is 4.69. The number of rotatable bonds is 5. The van der Waals surface area contributed by atoms with Crippen LogP contribution in [-0.2, 0) is 9.53 Å². The van der Waals surface area contributed by atoms with Crippen LogP contribution in [0.25, 0.3) is 0 Å². The van der Waals surface area contributed by atoms with Crippen LogP contribution in [0.15, 0.2) is 36.0 Å². The first-order chi connectivity index (χ1) is 9.43. The van der Waals surface area contributed by atoms with Crippen LogP contribution in [0.1, 0.15) is 24.2 Å². The van der Waals surface area contributed by atoms with E-state index in [2.05, 4.69) is 5.32 Å². The van der Waals surface area contributed by atoms with Crippen molar-refractivity contribution in [2.45, 2.75) is 13.8 Å². The van der Waals surface area contributed by atoms with Gasteiger partial charge in [0.1, 0.15) is 0 Å². The summed E-state index contributed by atoms with van der Waals surface area (Å²) in [4.78, 5) is 33.0. The Bertz CT molecular complexity index is 566.